The molecule has 1 atom stereocenters. The molecule has 1 fully saturated rings. The van der Waals surface area contributed by atoms with Gasteiger partial charge < -0.3 is 4.74 Å². The van der Waals surface area contributed by atoms with Crippen LogP contribution in [0.2, 0.25) is 0 Å². The quantitative estimate of drug-likeness (QED) is 0.620. The van der Waals surface area contributed by atoms with Crippen molar-refractivity contribution in [2.45, 2.75) is 20.3 Å². The first-order valence-corrected chi connectivity index (χ1v) is 5.19. The van der Waals surface area contributed by atoms with Gasteiger partial charge in [0.1, 0.15) is 0 Å². The second-order valence-electron chi connectivity index (χ2n) is 4.02. The molecule has 1 aliphatic heterocycles. The van der Waals surface area contributed by atoms with Gasteiger partial charge in [-0.15, -0.1) is 0 Å². The van der Waals surface area contributed by atoms with Crippen LogP contribution in [0.15, 0.2) is 12.2 Å². The van der Waals surface area contributed by atoms with E-state index in [4.69, 9.17) is 4.74 Å². The Bertz CT molecular complexity index is 167. The Labute approximate surface area is 81.6 Å². The van der Waals surface area contributed by atoms with Crippen LogP contribution < -0.4 is 0 Å². The van der Waals surface area contributed by atoms with Gasteiger partial charge in [0.15, 0.2) is 0 Å². The molecule has 0 radical (unpaired) electrons. The third kappa shape index (κ3) is 3.92. The van der Waals surface area contributed by atoms with Crippen molar-refractivity contribution < 1.29 is 4.74 Å². The predicted octanol–water partition coefficient (Wildman–Crippen LogP) is 1.92. The summed E-state index contributed by atoms with van der Waals surface area (Å²) in [6.45, 7) is 13.5. The number of hydrogen-bond acceptors (Lipinski definition) is 2. The lowest BCUT2D eigenvalue weighted by Gasteiger charge is -2.21. The van der Waals surface area contributed by atoms with Crippen molar-refractivity contribution in [3.8, 4) is 0 Å². The lowest BCUT2D eigenvalue weighted by Crippen LogP contribution is -2.30. The molecule has 0 amide bonds. The fourth-order valence-electron chi connectivity index (χ4n) is 1.63. The fourth-order valence-corrected chi connectivity index (χ4v) is 1.63. The zero-order valence-corrected chi connectivity index (χ0v) is 8.88. The van der Waals surface area contributed by atoms with E-state index in [1.165, 1.54) is 5.57 Å². The maximum atomic E-state index is 5.48. The van der Waals surface area contributed by atoms with E-state index in [0.29, 0.717) is 5.92 Å². The Morgan fingerprint density at radius 3 is 3.08 bits per heavy atom. The Hall–Kier alpha value is -0.340. The molecule has 1 aliphatic rings. The molecule has 13 heavy (non-hydrogen) atoms. The molecule has 0 aliphatic carbocycles. The molecule has 0 aromatic rings. The van der Waals surface area contributed by atoms with Crippen molar-refractivity contribution in [1.29, 1.82) is 0 Å². The van der Waals surface area contributed by atoms with Gasteiger partial charge in [0, 0.05) is 19.6 Å². The number of hydrogen-bond donors (Lipinski definition) is 0. The summed E-state index contributed by atoms with van der Waals surface area (Å²) in [5.74, 6) is 0.659. The molecular weight excluding hydrogens is 162 g/mol. The molecule has 0 N–H and O–H groups in total. The molecule has 1 unspecified atom stereocenters. The molecule has 0 aromatic carbocycles. The van der Waals surface area contributed by atoms with Crippen LogP contribution in [0.5, 0.6) is 0 Å². The summed E-state index contributed by atoms with van der Waals surface area (Å²) in [6.07, 6.45) is 1.09. The Morgan fingerprint density at radius 2 is 2.38 bits per heavy atom. The van der Waals surface area contributed by atoms with Gasteiger partial charge in [0.2, 0.25) is 0 Å². The van der Waals surface area contributed by atoms with E-state index in [1.807, 2.05) is 0 Å². The number of ether oxygens (including phenoxy) is 1. The van der Waals surface area contributed by atoms with Gasteiger partial charge in [-0.1, -0.05) is 26.0 Å². The highest BCUT2D eigenvalue weighted by Crippen LogP contribution is 2.08. The molecule has 2 heteroatoms. The minimum atomic E-state index is 0.659. The van der Waals surface area contributed by atoms with E-state index in [-0.39, 0.29) is 0 Å². The van der Waals surface area contributed by atoms with Crippen molar-refractivity contribution in [2.24, 2.45) is 5.92 Å². The highest BCUT2D eigenvalue weighted by molar-refractivity contribution is 4.96. The van der Waals surface area contributed by atoms with Crippen molar-refractivity contribution in [1.82, 2.24) is 4.90 Å². The van der Waals surface area contributed by atoms with E-state index in [9.17, 15) is 0 Å². The molecule has 1 heterocycles. The van der Waals surface area contributed by atoms with Crippen molar-refractivity contribution in [3.05, 3.63) is 12.2 Å². The zero-order chi connectivity index (χ0) is 9.68. The first-order valence-electron chi connectivity index (χ1n) is 5.19. The zero-order valence-electron chi connectivity index (χ0n) is 8.88. The van der Waals surface area contributed by atoms with Gasteiger partial charge in [0.05, 0.1) is 13.2 Å². The van der Waals surface area contributed by atoms with Gasteiger partial charge >= 0.3 is 0 Å². The molecule has 0 spiro atoms. The van der Waals surface area contributed by atoms with Crippen LogP contribution in [-0.2, 0) is 4.74 Å². The van der Waals surface area contributed by atoms with Gasteiger partial charge in [-0.2, -0.15) is 0 Å². The topological polar surface area (TPSA) is 12.5 Å². The minimum Gasteiger partial charge on any atom is -0.380 e. The normalized spacial score (nSPS) is 25.5. The monoisotopic (exact) mass is 183 g/mol. The summed E-state index contributed by atoms with van der Waals surface area (Å²) >= 11 is 0. The first-order chi connectivity index (χ1) is 6.22. The molecule has 76 valence electrons. The summed E-state index contributed by atoms with van der Waals surface area (Å²) in [5.41, 5.74) is 1.33. The third-order valence-corrected chi connectivity index (χ3v) is 2.47. The molecule has 1 rings (SSSR count). The van der Waals surface area contributed by atoms with E-state index in [0.717, 1.165) is 39.3 Å². The lowest BCUT2D eigenvalue weighted by atomic mass is 10.1. The van der Waals surface area contributed by atoms with Crippen LogP contribution in [0, 0.1) is 5.92 Å². The van der Waals surface area contributed by atoms with Gasteiger partial charge in [0.25, 0.3) is 0 Å². The van der Waals surface area contributed by atoms with Gasteiger partial charge in [-0.3, -0.25) is 4.90 Å². The van der Waals surface area contributed by atoms with Crippen molar-refractivity contribution >= 4 is 0 Å². The summed E-state index contributed by atoms with van der Waals surface area (Å²) in [7, 11) is 0. The van der Waals surface area contributed by atoms with E-state index >= 15 is 0 Å². The average Bonchev–Trinajstić information content (AvgIpc) is 2.30. The third-order valence-electron chi connectivity index (χ3n) is 2.47. The summed E-state index contributed by atoms with van der Waals surface area (Å²) in [6, 6.07) is 0. The van der Waals surface area contributed by atoms with E-state index in [2.05, 4.69) is 25.3 Å². The Kier molecular flexibility index (Phi) is 4.46. The van der Waals surface area contributed by atoms with Crippen LogP contribution in [0.4, 0.5) is 0 Å². The average molecular weight is 183 g/mol. The highest BCUT2D eigenvalue weighted by Gasteiger charge is 2.14. The second-order valence-corrected chi connectivity index (χ2v) is 4.02. The van der Waals surface area contributed by atoms with E-state index in [1.54, 1.807) is 0 Å². The highest BCUT2D eigenvalue weighted by atomic mass is 16.5. The molecular formula is C11H21NO. The Morgan fingerprint density at radius 1 is 1.62 bits per heavy atom. The number of nitrogens with zero attached hydrogens (tertiary/aromatic N) is 1. The fraction of sp³-hybridized carbons (Fsp3) is 0.818. The van der Waals surface area contributed by atoms with Crippen LogP contribution >= 0.6 is 0 Å². The van der Waals surface area contributed by atoms with Gasteiger partial charge in [-0.05, 0) is 12.3 Å². The first kappa shape index (κ1) is 10.7. The summed E-state index contributed by atoms with van der Waals surface area (Å²) in [5, 5.41) is 0. The standard InChI is InChI=1S/C11H21NO/c1-4-10(2)7-12-5-6-13-9-11(3)8-12/h11H,2,4-9H2,1,3H3. The van der Waals surface area contributed by atoms with Gasteiger partial charge in [-0.25, -0.2) is 0 Å². The van der Waals surface area contributed by atoms with Crippen LogP contribution in [0.25, 0.3) is 0 Å². The smallest absolute Gasteiger partial charge is 0.0593 e. The lowest BCUT2D eigenvalue weighted by molar-refractivity contribution is 0.126. The maximum Gasteiger partial charge on any atom is 0.0593 e. The molecule has 2 nitrogen and oxygen atoms in total. The van der Waals surface area contributed by atoms with E-state index < -0.39 is 0 Å². The molecule has 0 bridgehead atoms. The predicted molar refractivity (Wildman–Crippen MR) is 55.9 cm³/mol. The van der Waals surface area contributed by atoms with Crippen LogP contribution in [-0.4, -0.2) is 37.7 Å². The summed E-state index contributed by atoms with van der Waals surface area (Å²) in [4.78, 5) is 2.45. The Balaban J connectivity index is 2.34. The molecule has 0 aromatic heterocycles. The minimum absolute atomic E-state index is 0.659. The molecule has 0 saturated carbocycles. The maximum absolute atomic E-state index is 5.48. The van der Waals surface area contributed by atoms with Crippen LogP contribution in [0.1, 0.15) is 20.3 Å². The number of rotatable bonds is 3. The second kappa shape index (κ2) is 5.40. The van der Waals surface area contributed by atoms with Crippen molar-refractivity contribution in [2.75, 3.05) is 32.8 Å². The molecule has 1 saturated heterocycles. The largest absolute Gasteiger partial charge is 0.380 e. The SMILES string of the molecule is C=C(CC)CN1CCOCC(C)C1. The summed E-state index contributed by atoms with van der Waals surface area (Å²) < 4.78 is 5.48. The van der Waals surface area contributed by atoms with Crippen LogP contribution in [0.3, 0.4) is 0 Å². The van der Waals surface area contributed by atoms with Crippen molar-refractivity contribution in [3.63, 3.8) is 0 Å².